The lowest BCUT2D eigenvalue weighted by atomic mass is 10.2. The van der Waals surface area contributed by atoms with Gasteiger partial charge in [0.05, 0.1) is 23.7 Å². The van der Waals surface area contributed by atoms with Crippen molar-refractivity contribution in [3.63, 3.8) is 0 Å². The predicted octanol–water partition coefficient (Wildman–Crippen LogP) is 0.508. The highest BCUT2D eigenvalue weighted by Crippen LogP contribution is 2.21. The summed E-state index contributed by atoms with van der Waals surface area (Å²) in [5.74, 6) is 0.194. The summed E-state index contributed by atoms with van der Waals surface area (Å²) in [6.45, 7) is 0.184. The molecule has 0 amide bonds. The lowest BCUT2D eigenvalue weighted by Crippen LogP contribution is -2.08. The van der Waals surface area contributed by atoms with Crippen LogP contribution in [-0.2, 0) is 10.1 Å². The van der Waals surface area contributed by atoms with Crippen molar-refractivity contribution in [1.29, 1.82) is 0 Å². The second-order valence-electron chi connectivity index (χ2n) is 3.28. The third-order valence-corrected chi connectivity index (χ3v) is 2.68. The standard InChI is InChI=1S/C9H14N2O4S/c10-8-3-2-7(6-9(8)11)15-4-1-5-16(12,13)14/h2-3,6H,1,4-5,10-11H2,(H,12,13,14). The minimum absolute atomic E-state index is 0.184. The van der Waals surface area contributed by atoms with E-state index in [9.17, 15) is 8.42 Å². The largest absolute Gasteiger partial charge is 0.493 e. The van der Waals surface area contributed by atoms with Gasteiger partial charge >= 0.3 is 0 Å². The van der Waals surface area contributed by atoms with Gasteiger partial charge in [-0.05, 0) is 18.6 Å². The molecule has 1 aromatic rings. The van der Waals surface area contributed by atoms with E-state index in [2.05, 4.69) is 0 Å². The van der Waals surface area contributed by atoms with Crippen LogP contribution in [0.1, 0.15) is 6.42 Å². The van der Waals surface area contributed by atoms with E-state index < -0.39 is 10.1 Å². The van der Waals surface area contributed by atoms with Gasteiger partial charge in [-0.1, -0.05) is 0 Å². The highest BCUT2D eigenvalue weighted by molar-refractivity contribution is 7.85. The van der Waals surface area contributed by atoms with E-state index in [0.717, 1.165) is 0 Å². The van der Waals surface area contributed by atoms with E-state index in [4.69, 9.17) is 20.8 Å². The maximum Gasteiger partial charge on any atom is 0.264 e. The molecule has 90 valence electrons. The van der Waals surface area contributed by atoms with Gasteiger partial charge in [0.15, 0.2) is 0 Å². The van der Waals surface area contributed by atoms with Crippen molar-refractivity contribution < 1.29 is 17.7 Å². The van der Waals surface area contributed by atoms with Crippen LogP contribution >= 0.6 is 0 Å². The molecule has 6 nitrogen and oxygen atoms in total. The van der Waals surface area contributed by atoms with Crippen molar-refractivity contribution in [2.45, 2.75) is 6.42 Å². The van der Waals surface area contributed by atoms with E-state index in [1.165, 1.54) is 0 Å². The molecular formula is C9H14N2O4S. The van der Waals surface area contributed by atoms with Crippen LogP contribution in [0.2, 0.25) is 0 Å². The summed E-state index contributed by atoms with van der Waals surface area (Å²) >= 11 is 0. The number of ether oxygens (including phenoxy) is 1. The fourth-order valence-electron chi connectivity index (χ4n) is 1.07. The van der Waals surface area contributed by atoms with E-state index >= 15 is 0 Å². The fraction of sp³-hybridized carbons (Fsp3) is 0.333. The number of hydrogen-bond donors (Lipinski definition) is 3. The second-order valence-corrected chi connectivity index (χ2v) is 4.85. The van der Waals surface area contributed by atoms with Crippen LogP contribution in [0, 0.1) is 0 Å². The summed E-state index contributed by atoms with van der Waals surface area (Å²) < 4.78 is 34.5. The Bertz CT molecular complexity index is 459. The Morgan fingerprint density at radius 3 is 2.50 bits per heavy atom. The molecule has 7 heteroatoms. The molecule has 0 atom stereocenters. The topological polar surface area (TPSA) is 116 Å². The van der Waals surface area contributed by atoms with Gasteiger partial charge in [0.25, 0.3) is 10.1 Å². The Morgan fingerprint density at radius 2 is 1.94 bits per heavy atom. The van der Waals surface area contributed by atoms with E-state index in [0.29, 0.717) is 17.1 Å². The molecule has 0 fully saturated rings. The Morgan fingerprint density at radius 1 is 1.25 bits per heavy atom. The Balaban J connectivity index is 2.41. The fourth-order valence-corrected chi connectivity index (χ4v) is 1.56. The van der Waals surface area contributed by atoms with Gasteiger partial charge in [-0.15, -0.1) is 0 Å². The van der Waals surface area contributed by atoms with Gasteiger partial charge in [-0.2, -0.15) is 8.42 Å². The molecule has 0 aliphatic heterocycles. The van der Waals surface area contributed by atoms with Gasteiger partial charge in [0.1, 0.15) is 5.75 Å². The molecule has 0 spiro atoms. The summed E-state index contributed by atoms with van der Waals surface area (Å²) in [6, 6.07) is 4.80. The first kappa shape index (κ1) is 12.6. The first-order chi connectivity index (χ1) is 7.38. The molecule has 0 saturated carbocycles. The molecule has 16 heavy (non-hydrogen) atoms. The molecule has 1 rings (SSSR count). The predicted molar refractivity (Wildman–Crippen MR) is 61.8 cm³/mol. The lowest BCUT2D eigenvalue weighted by Gasteiger charge is -2.07. The van der Waals surface area contributed by atoms with Gasteiger partial charge in [0.2, 0.25) is 0 Å². The Kier molecular flexibility index (Phi) is 3.97. The van der Waals surface area contributed by atoms with Crippen LogP contribution in [-0.4, -0.2) is 25.3 Å². The van der Waals surface area contributed by atoms with Crippen molar-refractivity contribution in [2.24, 2.45) is 0 Å². The van der Waals surface area contributed by atoms with Gasteiger partial charge < -0.3 is 16.2 Å². The maximum absolute atomic E-state index is 10.4. The van der Waals surface area contributed by atoms with E-state index in [1.54, 1.807) is 18.2 Å². The van der Waals surface area contributed by atoms with Crippen LogP contribution in [0.5, 0.6) is 5.75 Å². The van der Waals surface area contributed by atoms with Crippen LogP contribution in [0.25, 0.3) is 0 Å². The SMILES string of the molecule is Nc1ccc(OCCCS(=O)(=O)O)cc1N. The van der Waals surface area contributed by atoms with Crippen LogP contribution in [0.4, 0.5) is 11.4 Å². The zero-order valence-corrected chi connectivity index (χ0v) is 9.40. The molecule has 0 bridgehead atoms. The maximum atomic E-state index is 10.4. The number of hydrogen-bond acceptors (Lipinski definition) is 5. The molecule has 0 unspecified atom stereocenters. The quantitative estimate of drug-likeness (QED) is 0.396. The molecular weight excluding hydrogens is 232 g/mol. The first-order valence-corrected chi connectivity index (χ1v) is 6.22. The van der Waals surface area contributed by atoms with Crippen molar-refractivity contribution >= 4 is 21.5 Å². The molecule has 0 heterocycles. The van der Waals surface area contributed by atoms with Crippen LogP contribution < -0.4 is 16.2 Å². The number of rotatable bonds is 5. The summed E-state index contributed by atoms with van der Waals surface area (Å²) in [4.78, 5) is 0. The molecule has 0 aliphatic rings. The zero-order chi connectivity index (χ0) is 12.2. The lowest BCUT2D eigenvalue weighted by molar-refractivity contribution is 0.316. The monoisotopic (exact) mass is 246 g/mol. The van der Waals surface area contributed by atoms with Gasteiger partial charge in [-0.3, -0.25) is 4.55 Å². The first-order valence-electron chi connectivity index (χ1n) is 4.61. The average Bonchev–Trinajstić information content (AvgIpc) is 2.17. The molecule has 5 N–H and O–H groups in total. The van der Waals surface area contributed by atoms with Crippen molar-refractivity contribution in [3.05, 3.63) is 18.2 Å². The van der Waals surface area contributed by atoms with Crippen molar-refractivity contribution in [3.8, 4) is 5.75 Å². The zero-order valence-electron chi connectivity index (χ0n) is 8.59. The Labute approximate surface area is 93.9 Å². The summed E-state index contributed by atoms with van der Waals surface area (Å²) in [6.07, 6.45) is 0.211. The van der Waals surface area contributed by atoms with Crippen LogP contribution in [0.3, 0.4) is 0 Å². The smallest absolute Gasteiger partial charge is 0.264 e. The van der Waals surface area contributed by atoms with Gasteiger partial charge in [-0.25, -0.2) is 0 Å². The number of benzene rings is 1. The van der Waals surface area contributed by atoms with Crippen LogP contribution in [0.15, 0.2) is 18.2 Å². The average molecular weight is 246 g/mol. The van der Waals surface area contributed by atoms with E-state index in [1.807, 2.05) is 0 Å². The summed E-state index contributed by atoms with van der Waals surface area (Å²) in [5.41, 5.74) is 11.9. The Hall–Kier alpha value is -1.47. The summed E-state index contributed by atoms with van der Waals surface area (Å²) in [7, 11) is -3.92. The molecule has 0 aromatic heterocycles. The molecule has 0 radical (unpaired) electrons. The highest BCUT2D eigenvalue weighted by Gasteiger charge is 2.04. The summed E-state index contributed by atoms with van der Waals surface area (Å²) in [5, 5.41) is 0. The number of nitrogen functional groups attached to an aromatic ring is 2. The van der Waals surface area contributed by atoms with E-state index in [-0.39, 0.29) is 18.8 Å². The molecule has 0 saturated heterocycles. The third kappa shape index (κ3) is 4.37. The number of anilines is 2. The minimum Gasteiger partial charge on any atom is -0.493 e. The normalized spacial score (nSPS) is 11.3. The molecule has 0 aliphatic carbocycles. The second kappa shape index (κ2) is 5.04. The van der Waals surface area contributed by atoms with Gasteiger partial charge in [0, 0.05) is 6.07 Å². The number of nitrogens with two attached hydrogens (primary N) is 2. The van der Waals surface area contributed by atoms with Crippen molar-refractivity contribution in [2.75, 3.05) is 23.8 Å². The van der Waals surface area contributed by atoms with Crippen molar-refractivity contribution in [1.82, 2.24) is 0 Å². The molecule has 1 aromatic carbocycles. The third-order valence-electron chi connectivity index (χ3n) is 1.87. The minimum atomic E-state index is -3.92. The highest BCUT2D eigenvalue weighted by atomic mass is 32.2.